The molecule has 0 unspecified atom stereocenters. The maximum atomic E-state index is 5.28. The molecule has 0 saturated carbocycles. The number of hydrogen-bond donors (Lipinski definition) is 0. The van der Waals surface area contributed by atoms with Crippen LogP contribution in [-0.2, 0) is 5.41 Å². The largest absolute Gasteiger partial charge is 0.256 e. The quantitative estimate of drug-likeness (QED) is 0.182. The van der Waals surface area contributed by atoms with Gasteiger partial charge in [0.2, 0.25) is 0 Å². The summed E-state index contributed by atoms with van der Waals surface area (Å²) in [5, 5.41) is 3.65. The molecule has 1 aliphatic carbocycles. The highest BCUT2D eigenvalue weighted by atomic mass is 14.9. The van der Waals surface area contributed by atoms with Gasteiger partial charge in [0.15, 0.2) is 5.82 Å². The molecule has 0 fully saturated rings. The van der Waals surface area contributed by atoms with E-state index in [1.165, 1.54) is 49.7 Å². The SMILES string of the molecule is CC1(C)c2cc3ccccc3cc2-c2c(-c3cc(-c4ccc(-c5ccccc5-c5ccc6ncccc6c5)cc4)nc(-c4ccccc4)n3)cccc21. The average molecular weight is 678 g/mol. The van der Waals surface area contributed by atoms with E-state index in [1.54, 1.807) is 0 Å². The van der Waals surface area contributed by atoms with E-state index in [2.05, 4.69) is 164 Å². The van der Waals surface area contributed by atoms with Crippen LogP contribution in [0.4, 0.5) is 0 Å². The Morgan fingerprint density at radius 2 is 1.04 bits per heavy atom. The molecule has 0 atom stereocenters. The van der Waals surface area contributed by atoms with Gasteiger partial charge in [-0.3, -0.25) is 4.98 Å². The highest BCUT2D eigenvalue weighted by Gasteiger charge is 2.37. The normalized spacial score (nSPS) is 12.9. The number of fused-ring (bicyclic) bond motifs is 5. The summed E-state index contributed by atoms with van der Waals surface area (Å²) in [5.74, 6) is 0.715. The first-order valence-corrected chi connectivity index (χ1v) is 18.2. The minimum absolute atomic E-state index is 0.140. The van der Waals surface area contributed by atoms with Crippen molar-refractivity contribution in [1.29, 1.82) is 0 Å². The lowest BCUT2D eigenvalue weighted by Gasteiger charge is -2.22. The Hall–Kier alpha value is -6.71. The molecule has 7 aromatic carbocycles. The third kappa shape index (κ3) is 5.24. The van der Waals surface area contributed by atoms with Crippen LogP contribution in [0.1, 0.15) is 25.0 Å². The van der Waals surface area contributed by atoms with Gasteiger partial charge in [-0.2, -0.15) is 0 Å². The minimum Gasteiger partial charge on any atom is -0.256 e. The number of aromatic nitrogens is 3. The van der Waals surface area contributed by atoms with Crippen molar-refractivity contribution < 1.29 is 0 Å². The van der Waals surface area contributed by atoms with E-state index in [0.717, 1.165) is 44.5 Å². The second kappa shape index (κ2) is 12.2. The molecule has 9 aromatic rings. The summed E-state index contributed by atoms with van der Waals surface area (Å²) in [6, 6.07) is 60.6. The van der Waals surface area contributed by atoms with Crippen LogP contribution in [0.3, 0.4) is 0 Å². The van der Waals surface area contributed by atoms with Crippen molar-refractivity contribution in [2.75, 3.05) is 0 Å². The lowest BCUT2D eigenvalue weighted by Crippen LogP contribution is -2.14. The first-order chi connectivity index (χ1) is 26.0. The van der Waals surface area contributed by atoms with E-state index in [1.807, 2.05) is 30.5 Å². The molecule has 0 amide bonds. The van der Waals surface area contributed by atoms with Gasteiger partial charge in [-0.15, -0.1) is 0 Å². The van der Waals surface area contributed by atoms with E-state index in [-0.39, 0.29) is 5.41 Å². The lowest BCUT2D eigenvalue weighted by molar-refractivity contribution is 0.661. The summed E-state index contributed by atoms with van der Waals surface area (Å²) in [6.45, 7) is 4.68. The second-order valence-corrected chi connectivity index (χ2v) is 14.5. The van der Waals surface area contributed by atoms with Crippen LogP contribution in [-0.4, -0.2) is 15.0 Å². The van der Waals surface area contributed by atoms with Gasteiger partial charge in [0, 0.05) is 33.7 Å². The number of hydrogen-bond acceptors (Lipinski definition) is 3. The molecule has 250 valence electrons. The molecule has 2 heterocycles. The Bertz CT molecular complexity index is 2850. The number of rotatable bonds is 5. The summed E-state index contributed by atoms with van der Waals surface area (Å²) in [7, 11) is 0. The molecule has 10 rings (SSSR count). The van der Waals surface area contributed by atoms with Gasteiger partial charge in [-0.25, -0.2) is 9.97 Å². The van der Waals surface area contributed by atoms with Gasteiger partial charge in [-0.05, 0) is 91.7 Å². The number of pyridine rings is 1. The number of benzene rings is 7. The molecule has 53 heavy (non-hydrogen) atoms. The Morgan fingerprint density at radius 3 is 1.85 bits per heavy atom. The van der Waals surface area contributed by atoms with Gasteiger partial charge < -0.3 is 0 Å². The Balaban J connectivity index is 1.10. The first-order valence-electron chi connectivity index (χ1n) is 18.2. The second-order valence-electron chi connectivity index (χ2n) is 14.5. The summed E-state index contributed by atoms with van der Waals surface area (Å²) in [6.07, 6.45) is 1.84. The van der Waals surface area contributed by atoms with E-state index >= 15 is 0 Å². The Morgan fingerprint density at radius 1 is 0.396 bits per heavy atom. The zero-order valence-corrected chi connectivity index (χ0v) is 29.6. The highest BCUT2D eigenvalue weighted by Crippen LogP contribution is 2.53. The van der Waals surface area contributed by atoms with Crippen molar-refractivity contribution in [3.63, 3.8) is 0 Å². The van der Waals surface area contributed by atoms with E-state index in [4.69, 9.17) is 9.97 Å². The fourth-order valence-electron chi connectivity index (χ4n) is 8.19. The molecular formula is C50H35N3. The summed E-state index contributed by atoms with van der Waals surface area (Å²) < 4.78 is 0. The maximum Gasteiger partial charge on any atom is 0.160 e. The highest BCUT2D eigenvalue weighted by molar-refractivity contribution is 5.98. The maximum absolute atomic E-state index is 5.28. The predicted molar refractivity (Wildman–Crippen MR) is 220 cm³/mol. The Labute approximate surface area is 309 Å². The molecule has 1 aliphatic rings. The molecular weight excluding hydrogens is 643 g/mol. The third-order valence-electron chi connectivity index (χ3n) is 10.9. The molecule has 2 aromatic heterocycles. The zero-order valence-electron chi connectivity index (χ0n) is 29.6. The van der Waals surface area contributed by atoms with E-state index in [9.17, 15) is 0 Å². The van der Waals surface area contributed by atoms with Crippen molar-refractivity contribution in [3.05, 3.63) is 187 Å². The molecule has 0 radical (unpaired) electrons. The number of nitrogens with zero attached hydrogens (tertiary/aromatic N) is 3. The predicted octanol–water partition coefficient (Wildman–Crippen LogP) is 12.8. The molecule has 0 spiro atoms. The van der Waals surface area contributed by atoms with Crippen molar-refractivity contribution in [3.8, 4) is 67.3 Å². The molecule has 0 aliphatic heterocycles. The average Bonchev–Trinajstić information content (AvgIpc) is 3.45. The fourth-order valence-corrected chi connectivity index (χ4v) is 8.19. The molecule has 3 nitrogen and oxygen atoms in total. The van der Waals surface area contributed by atoms with Crippen LogP contribution in [0.25, 0.3) is 89.0 Å². The van der Waals surface area contributed by atoms with Crippen molar-refractivity contribution >= 4 is 21.7 Å². The summed E-state index contributed by atoms with van der Waals surface area (Å²) >= 11 is 0. The fraction of sp³-hybridized carbons (Fsp3) is 0.0600. The monoisotopic (exact) mass is 677 g/mol. The van der Waals surface area contributed by atoms with Crippen molar-refractivity contribution in [2.45, 2.75) is 19.3 Å². The minimum atomic E-state index is -0.140. The lowest BCUT2D eigenvalue weighted by atomic mass is 9.81. The van der Waals surface area contributed by atoms with Crippen LogP contribution in [0.5, 0.6) is 0 Å². The van der Waals surface area contributed by atoms with E-state index in [0.29, 0.717) is 5.82 Å². The first kappa shape index (κ1) is 31.1. The van der Waals surface area contributed by atoms with Gasteiger partial charge in [0.1, 0.15) is 0 Å². The molecule has 3 heteroatoms. The molecule has 0 saturated heterocycles. The van der Waals surface area contributed by atoms with Gasteiger partial charge >= 0.3 is 0 Å². The molecule has 0 bridgehead atoms. The molecule has 0 N–H and O–H groups in total. The van der Waals surface area contributed by atoms with Crippen molar-refractivity contribution in [2.24, 2.45) is 0 Å². The third-order valence-corrected chi connectivity index (χ3v) is 10.9. The van der Waals surface area contributed by atoms with Gasteiger partial charge in [0.25, 0.3) is 0 Å². The topological polar surface area (TPSA) is 38.7 Å². The van der Waals surface area contributed by atoms with Crippen LogP contribution in [0, 0.1) is 0 Å². The smallest absolute Gasteiger partial charge is 0.160 e. The summed E-state index contributed by atoms with van der Waals surface area (Å²) in [4.78, 5) is 15.0. The Kier molecular flexibility index (Phi) is 7.16. The summed E-state index contributed by atoms with van der Waals surface area (Å²) in [5.41, 5.74) is 15.8. The zero-order chi connectivity index (χ0) is 35.5. The van der Waals surface area contributed by atoms with Crippen LogP contribution >= 0.6 is 0 Å². The van der Waals surface area contributed by atoms with Gasteiger partial charge in [0.05, 0.1) is 16.9 Å². The van der Waals surface area contributed by atoms with Crippen molar-refractivity contribution in [1.82, 2.24) is 15.0 Å². The van der Waals surface area contributed by atoms with Crippen LogP contribution < -0.4 is 0 Å². The van der Waals surface area contributed by atoms with Gasteiger partial charge in [-0.1, -0.05) is 147 Å². The standard InChI is InChI=1S/C50H35N3/c1-50(2)43-20-10-19-41(48(43)42-29-35-14-6-7-15-36(35)30-44(42)50)47-31-46(52-49(53-47)34-12-4-3-5-13-34)33-23-21-32(22-24-33)39-17-8-9-18-40(39)37-25-26-45-38(28-37)16-11-27-51-45/h3-31H,1-2H3. The van der Waals surface area contributed by atoms with Crippen LogP contribution in [0.15, 0.2) is 176 Å². The van der Waals surface area contributed by atoms with E-state index < -0.39 is 0 Å². The van der Waals surface area contributed by atoms with Crippen LogP contribution in [0.2, 0.25) is 0 Å².